The molecule has 6 heteroatoms. The molecule has 1 atom stereocenters. The van der Waals surface area contributed by atoms with E-state index in [1.54, 1.807) is 11.8 Å². The zero-order chi connectivity index (χ0) is 21.3. The third-order valence-corrected chi connectivity index (χ3v) is 6.37. The average molecular weight is 427 g/mol. The Kier molecular flexibility index (Phi) is 8.20. The largest absolute Gasteiger partial charge is 0.489 e. The van der Waals surface area contributed by atoms with E-state index in [2.05, 4.69) is 12.2 Å². The third-order valence-electron chi connectivity index (χ3n) is 5.26. The van der Waals surface area contributed by atoms with Gasteiger partial charge < -0.3 is 15.0 Å². The quantitative estimate of drug-likeness (QED) is 0.645. The molecule has 1 N–H and O–H groups in total. The summed E-state index contributed by atoms with van der Waals surface area (Å²) < 4.78 is 5.82. The topological polar surface area (TPSA) is 58.6 Å². The van der Waals surface area contributed by atoms with Crippen molar-refractivity contribution in [2.24, 2.45) is 5.92 Å². The smallest absolute Gasteiger partial charge is 0.246 e. The van der Waals surface area contributed by atoms with Gasteiger partial charge in [0, 0.05) is 30.7 Å². The Hall–Kier alpha value is -2.47. The van der Waals surface area contributed by atoms with Crippen LogP contribution in [0.15, 0.2) is 59.5 Å². The summed E-state index contributed by atoms with van der Waals surface area (Å²) >= 11 is 1.57. The summed E-state index contributed by atoms with van der Waals surface area (Å²) in [5.41, 5.74) is 1.12. The zero-order valence-electron chi connectivity index (χ0n) is 17.7. The molecule has 0 aromatic heterocycles. The van der Waals surface area contributed by atoms with E-state index in [0.717, 1.165) is 42.1 Å². The minimum absolute atomic E-state index is 0.0208. The molecule has 1 saturated heterocycles. The van der Waals surface area contributed by atoms with Gasteiger partial charge in [-0.05, 0) is 48.6 Å². The highest BCUT2D eigenvalue weighted by molar-refractivity contribution is 7.99. The summed E-state index contributed by atoms with van der Waals surface area (Å²) in [6.07, 6.45) is 2.05. The average Bonchev–Trinajstić information content (AvgIpc) is 2.76. The second-order valence-corrected chi connectivity index (χ2v) is 8.91. The molecule has 2 amide bonds. The van der Waals surface area contributed by atoms with Crippen LogP contribution in [0.25, 0.3) is 0 Å². The molecular weight excluding hydrogens is 396 g/mol. The van der Waals surface area contributed by atoms with E-state index >= 15 is 0 Å². The molecule has 0 aliphatic carbocycles. The number of carbonyl (C=O) groups is 2. The van der Waals surface area contributed by atoms with Crippen LogP contribution in [0.3, 0.4) is 0 Å². The number of thioether (sulfide) groups is 1. The summed E-state index contributed by atoms with van der Waals surface area (Å²) in [6, 6.07) is 17.4. The van der Waals surface area contributed by atoms with Crippen LogP contribution in [0.5, 0.6) is 5.75 Å². The normalized spacial score (nSPS) is 15.5. The first-order valence-electron chi connectivity index (χ1n) is 10.5. The van der Waals surface area contributed by atoms with Gasteiger partial charge in [0.25, 0.3) is 0 Å². The van der Waals surface area contributed by atoms with Gasteiger partial charge in [-0.15, -0.1) is 11.8 Å². The molecule has 2 aromatic rings. The summed E-state index contributed by atoms with van der Waals surface area (Å²) in [7, 11) is 0. The van der Waals surface area contributed by atoms with Crippen LogP contribution in [0.2, 0.25) is 0 Å². The van der Waals surface area contributed by atoms with Gasteiger partial charge in [-0.2, -0.15) is 0 Å². The van der Waals surface area contributed by atoms with Gasteiger partial charge in [-0.1, -0.05) is 37.3 Å². The number of benzene rings is 2. The fourth-order valence-electron chi connectivity index (χ4n) is 3.42. The zero-order valence-corrected chi connectivity index (χ0v) is 18.5. The maximum absolute atomic E-state index is 12.9. The van der Waals surface area contributed by atoms with Gasteiger partial charge in [-0.3, -0.25) is 9.59 Å². The van der Waals surface area contributed by atoms with E-state index < -0.39 is 6.04 Å². The summed E-state index contributed by atoms with van der Waals surface area (Å²) in [5, 5.41) is 2.83. The van der Waals surface area contributed by atoms with Crippen LogP contribution >= 0.6 is 11.8 Å². The predicted molar refractivity (Wildman–Crippen MR) is 121 cm³/mol. The summed E-state index contributed by atoms with van der Waals surface area (Å²) in [6.45, 7) is 5.75. The first-order valence-corrected chi connectivity index (χ1v) is 11.5. The van der Waals surface area contributed by atoms with Crippen molar-refractivity contribution >= 4 is 23.6 Å². The van der Waals surface area contributed by atoms with Crippen LogP contribution in [0.1, 0.15) is 32.3 Å². The standard InChI is InChI=1S/C24H30N2O3S/c1-18-12-14-26(15-13-18)24(28)23(25-19(2)27)17-30-22-10-8-21(9-11-22)29-16-20-6-4-3-5-7-20/h3-11,18,23H,12-17H2,1-2H3,(H,25,27). The molecule has 2 aromatic carbocycles. The molecule has 160 valence electrons. The fraction of sp³-hybridized carbons (Fsp3) is 0.417. The van der Waals surface area contributed by atoms with E-state index in [-0.39, 0.29) is 11.8 Å². The maximum atomic E-state index is 12.9. The van der Waals surface area contributed by atoms with E-state index in [9.17, 15) is 9.59 Å². The fourth-order valence-corrected chi connectivity index (χ4v) is 4.34. The van der Waals surface area contributed by atoms with Crippen LogP contribution < -0.4 is 10.1 Å². The minimum atomic E-state index is -0.505. The van der Waals surface area contributed by atoms with Crippen molar-refractivity contribution in [1.82, 2.24) is 10.2 Å². The van der Waals surface area contributed by atoms with Gasteiger partial charge >= 0.3 is 0 Å². The van der Waals surface area contributed by atoms with E-state index in [1.807, 2.05) is 59.5 Å². The van der Waals surface area contributed by atoms with Gasteiger partial charge in [0.2, 0.25) is 11.8 Å². The van der Waals surface area contributed by atoms with Gasteiger partial charge in [0.15, 0.2) is 0 Å². The lowest BCUT2D eigenvalue weighted by atomic mass is 9.99. The van der Waals surface area contributed by atoms with Crippen molar-refractivity contribution in [2.45, 2.75) is 44.2 Å². The number of nitrogens with zero attached hydrogens (tertiary/aromatic N) is 1. The molecule has 0 bridgehead atoms. The number of ether oxygens (including phenoxy) is 1. The molecule has 30 heavy (non-hydrogen) atoms. The Morgan fingerprint density at radius 3 is 2.40 bits per heavy atom. The van der Waals surface area contributed by atoms with Crippen molar-refractivity contribution in [1.29, 1.82) is 0 Å². The first-order chi connectivity index (χ1) is 14.5. The molecule has 1 fully saturated rings. The Morgan fingerprint density at radius 2 is 1.77 bits per heavy atom. The van der Waals surface area contributed by atoms with Crippen molar-refractivity contribution in [3.8, 4) is 5.75 Å². The number of amides is 2. The number of nitrogens with one attached hydrogen (secondary N) is 1. The number of piperidine rings is 1. The highest BCUT2D eigenvalue weighted by Gasteiger charge is 2.27. The molecule has 0 spiro atoms. The molecule has 5 nitrogen and oxygen atoms in total. The monoisotopic (exact) mass is 426 g/mol. The predicted octanol–water partition coefficient (Wildman–Crippen LogP) is 4.12. The van der Waals surface area contributed by atoms with E-state index in [4.69, 9.17) is 4.74 Å². The SMILES string of the molecule is CC(=O)NC(CSc1ccc(OCc2ccccc2)cc1)C(=O)N1CCC(C)CC1. The molecule has 0 radical (unpaired) electrons. The third kappa shape index (κ3) is 6.80. The van der Waals surface area contributed by atoms with Crippen LogP contribution in [0, 0.1) is 5.92 Å². The summed E-state index contributed by atoms with van der Waals surface area (Å²) in [4.78, 5) is 27.5. The van der Waals surface area contributed by atoms with Crippen LogP contribution in [-0.2, 0) is 16.2 Å². The highest BCUT2D eigenvalue weighted by Crippen LogP contribution is 2.24. The number of likely N-dealkylation sites (tertiary alicyclic amines) is 1. The van der Waals surface area contributed by atoms with Gasteiger partial charge in [0.1, 0.15) is 18.4 Å². The molecule has 1 aliphatic rings. The molecular formula is C24H30N2O3S. The Labute approximate surface area is 183 Å². The Bertz CT molecular complexity index is 818. The van der Waals surface area contributed by atoms with Crippen molar-refractivity contribution in [3.05, 3.63) is 60.2 Å². The van der Waals surface area contributed by atoms with Gasteiger partial charge in [-0.25, -0.2) is 0 Å². The van der Waals surface area contributed by atoms with Crippen molar-refractivity contribution in [3.63, 3.8) is 0 Å². The minimum Gasteiger partial charge on any atom is -0.489 e. The van der Waals surface area contributed by atoms with E-state index in [0.29, 0.717) is 18.3 Å². The first kappa shape index (κ1) is 22.2. The van der Waals surface area contributed by atoms with Crippen LogP contribution in [-0.4, -0.2) is 41.6 Å². The maximum Gasteiger partial charge on any atom is 0.246 e. The lowest BCUT2D eigenvalue weighted by Gasteiger charge is -2.33. The Balaban J connectivity index is 1.53. The second kappa shape index (κ2) is 11.1. The second-order valence-electron chi connectivity index (χ2n) is 7.82. The lowest BCUT2D eigenvalue weighted by Crippen LogP contribution is -2.51. The highest BCUT2D eigenvalue weighted by atomic mass is 32.2. The number of carbonyl (C=O) groups excluding carboxylic acids is 2. The summed E-state index contributed by atoms with van der Waals surface area (Å²) in [5.74, 6) is 1.82. The molecule has 1 unspecified atom stereocenters. The number of hydrogen-bond acceptors (Lipinski definition) is 4. The van der Waals surface area contributed by atoms with Crippen molar-refractivity contribution < 1.29 is 14.3 Å². The molecule has 1 heterocycles. The molecule has 3 rings (SSSR count). The molecule has 1 aliphatic heterocycles. The lowest BCUT2D eigenvalue weighted by molar-refractivity contribution is -0.136. The van der Waals surface area contributed by atoms with Crippen molar-refractivity contribution in [2.75, 3.05) is 18.8 Å². The number of rotatable bonds is 8. The molecule has 0 saturated carbocycles. The Morgan fingerprint density at radius 1 is 1.10 bits per heavy atom. The van der Waals surface area contributed by atoms with Crippen LogP contribution in [0.4, 0.5) is 0 Å². The van der Waals surface area contributed by atoms with E-state index in [1.165, 1.54) is 6.92 Å². The number of hydrogen-bond donors (Lipinski definition) is 1. The van der Waals surface area contributed by atoms with Gasteiger partial charge in [0.05, 0.1) is 0 Å².